The topological polar surface area (TPSA) is 6.48 Å². The summed E-state index contributed by atoms with van der Waals surface area (Å²) in [6.07, 6.45) is 77.9. The van der Waals surface area contributed by atoms with E-state index in [0.29, 0.717) is 0 Å². The first kappa shape index (κ1) is 49.6. The molecule has 68 heavy (non-hydrogen) atoms. The Morgan fingerprint density at radius 3 is 0.721 bits per heavy atom. The fraction of sp³-hybridized carbons (Fsp3) is 0.939. The molecule has 0 amide bonds. The lowest BCUT2D eigenvalue weighted by molar-refractivity contribution is -0.0218. The molecule has 0 N–H and O–H groups in total. The van der Waals surface area contributed by atoms with Crippen molar-refractivity contribution in [2.75, 3.05) is 0 Å². The van der Waals surface area contributed by atoms with Crippen molar-refractivity contribution in [3.05, 3.63) is 24.3 Å². The summed E-state index contributed by atoms with van der Waals surface area (Å²) >= 11 is 0. The molecule has 11 saturated carbocycles. The minimum atomic E-state index is 0.874. The second kappa shape index (κ2) is 24.6. The van der Waals surface area contributed by atoms with Gasteiger partial charge in [-0.3, -0.25) is 9.80 Å². The van der Waals surface area contributed by atoms with Gasteiger partial charge in [-0.1, -0.05) is 114 Å². The van der Waals surface area contributed by atoms with Crippen molar-refractivity contribution in [2.45, 2.75) is 319 Å². The van der Waals surface area contributed by atoms with Crippen LogP contribution in [0.25, 0.3) is 0 Å². The predicted molar refractivity (Wildman–Crippen MR) is 290 cm³/mol. The first-order valence-corrected chi connectivity index (χ1v) is 32.6. The standard InChI is InChI=1S/C66H110N2/c1-3-11-49(12-4-1)19-21-51-23-37-61(38-24-51)67(65-45-35-53-15-7-9-17-59(53)47-65)63-41-31-57(32-42-63)55-27-29-56(30-28-55)58-33-43-64(44-34-58)68(66-46-36-54-16-8-10-18-60(54)48-66)62-39-25-52(26-40-62)22-20-50-13-5-2-6-14-50/h19-22,49-66H,1-18,23-48H2. The van der Waals surface area contributed by atoms with Crippen LogP contribution in [-0.4, -0.2) is 46.1 Å². The first-order chi connectivity index (χ1) is 33.7. The molecule has 11 rings (SSSR count). The summed E-state index contributed by atoms with van der Waals surface area (Å²) in [5, 5.41) is 0. The van der Waals surface area contributed by atoms with Gasteiger partial charge in [0, 0.05) is 36.3 Å². The Kier molecular flexibility index (Phi) is 18.0. The maximum atomic E-state index is 3.33. The Labute approximate surface area is 422 Å². The van der Waals surface area contributed by atoms with Crippen LogP contribution in [0.3, 0.4) is 0 Å². The zero-order valence-electron chi connectivity index (χ0n) is 44.7. The molecular weight excluding hydrogens is 821 g/mol. The van der Waals surface area contributed by atoms with Crippen LogP contribution in [0.4, 0.5) is 0 Å². The van der Waals surface area contributed by atoms with E-state index < -0.39 is 0 Å². The smallest absolute Gasteiger partial charge is 0.0104 e. The summed E-state index contributed by atoms with van der Waals surface area (Å²) < 4.78 is 0. The van der Waals surface area contributed by atoms with E-state index in [-0.39, 0.29) is 0 Å². The third-order valence-electron chi connectivity index (χ3n) is 24.3. The fourth-order valence-electron chi connectivity index (χ4n) is 20.3. The quantitative estimate of drug-likeness (QED) is 0.180. The molecule has 2 nitrogen and oxygen atoms in total. The van der Waals surface area contributed by atoms with Gasteiger partial charge < -0.3 is 0 Å². The lowest BCUT2D eigenvalue weighted by Gasteiger charge is -2.52. The molecule has 6 unspecified atom stereocenters. The van der Waals surface area contributed by atoms with E-state index >= 15 is 0 Å². The van der Waals surface area contributed by atoms with E-state index in [0.717, 1.165) is 107 Å². The lowest BCUT2D eigenvalue weighted by atomic mass is 9.65. The highest BCUT2D eigenvalue weighted by atomic mass is 15.2. The van der Waals surface area contributed by atoms with Crippen molar-refractivity contribution in [2.24, 2.45) is 71.0 Å². The van der Waals surface area contributed by atoms with Gasteiger partial charge in [0.1, 0.15) is 0 Å². The summed E-state index contributed by atoms with van der Waals surface area (Å²) in [7, 11) is 0. The van der Waals surface area contributed by atoms with Crippen LogP contribution in [0.15, 0.2) is 24.3 Å². The number of nitrogens with zero attached hydrogens (tertiary/aromatic N) is 2. The Balaban J connectivity index is 0.659. The monoisotopic (exact) mass is 931 g/mol. The molecule has 0 bridgehead atoms. The Morgan fingerprint density at radius 1 is 0.176 bits per heavy atom. The number of hydrogen-bond donors (Lipinski definition) is 0. The van der Waals surface area contributed by atoms with Gasteiger partial charge >= 0.3 is 0 Å². The number of hydrogen-bond acceptors (Lipinski definition) is 2. The highest BCUT2D eigenvalue weighted by Gasteiger charge is 2.45. The van der Waals surface area contributed by atoms with Gasteiger partial charge in [-0.2, -0.15) is 0 Å². The number of fused-ring (bicyclic) bond motifs is 2. The Hall–Kier alpha value is -0.600. The van der Waals surface area contributed by atoms with Gasteiger partial charge in [0.05, 0.1) is 0 Å². The van der Waals surface area contributed by atoms with Gasteiger partial charge in [0.25, 0.3) is 0 Å². The van der Waals surface area contributed by atoms with E-state index in [9.17, 15) is 0 Å². The highest BCUT2D eigenvalue weighted by molar-refractivity contribution is 5.02. The van der Waals surface area contributed by atoms with E-state index in [4.69, 9.17) is 0 Å². The van der Waals surface area contributed by atoms with Gasteiger partial charge in [0.15, 0.2) is 0 Å². The van der Waals surface area contributed by atoms with E-state index in [1.807, 2.05) is 0 Å². The molecule has 2 heteroatoms. The number of rotatable bonds is 12. The van der Waals surface area contributed by atoms with Gasteiger partial charge in [0.2, 0.25) is 0 Å². The normalized spacial score (nSPS) is 44.3. The van der Waals surface area contributed by atoms with Crippen LogP contribution >= 0.6 is 0 Å². The molecule has 11 fully saturated rings. The van der Waals surface area contributed by atoms with E-state index in [2.05, 4.69) is 34.1 Å². The third kappa shape index (κ3) is 12.5. The minimum Gasteiger partial charge on any atom is -0.294 e. The van der Waals surface area contributed by atoms with E-state index in [1.165, 1.54) is 154 Å². The minimum absolute atomic E-state index is 0.874. The van der Waals surface area contributed by atoms with Crippen molar-refractivity contribution >= 4 is 0 Å². The van der Waals surface area contributed by atoms with Crippen molar-refractivity contribution in [1.29, 1.82) is 0 Å². The summed E-state index contributed by atoms with van der Waals surface area (Å²) in [6.45, 7) is 0. The van der Waals surface area contributed by atoms with Crippen LogP contribution in [0.2, 0.25) is 0 Å². The van der Waals surface area contributed by atoms with E-state index in [1.54, 1.807) is 128 Å². The van der Waals surface area contributed by atoms with Crippen molar-refractivity contribution in [3.63, 3.8) is 0 Å². The summed E-state index contributed by atoms with van der Waals surface area (Å²) in [5.41, 5.74) is 0. The van der Waals surface area contributed by atoms with Gasteiger partial charge in [-0.05, 0) is 264 Å². The molecule has 0 aromatic rings. The molecule has 0 aromatic carbocycles. The average molecular weight is 932 g/mol. The molecule has 0 aromatic heterocycles. The molecule has 0 radical (unpaired) electrons. The summed E-state index contributed by atoms with van der Waals surface area (Å²) in [5.74, 6) is 12.0. The molecular formula is C66H110N2. The van der Waals surface area contributed by atoms with Crippen molar-refractivity contribution in [1.82, 2.24) is 9.80 Å². The zero-order chi connectivity index (χ0) is 45.5. The summed E-state index contributed by atoms with van der Waals surface area (Å²) in [4.78, 5) is 6.66. The average Bonchev–Trinajstić information content (AvgIpc) is 3.41. The van der Waals surface area contributed by atoms with Crippen LogP contribution in [-0.2, 0) is 0 Å². The van der Waals surface area contributed by atoms with Crippen LogP contribution in [0.1, 0.15) is 283 Å². The third-order valence-corrected chi connectivity index (χ3v) is 24.3. The predicted octanol–water partition coefficient (Wildman–Crippen LogP) is 18.6. The van der Waals surface area contributed by atoms with Gasteiger partial charge in [-0.15, -0.1) is 0 Å². The maximum Gasteiger partial charge on any atom is 0.0104 e. The molecule has 0 spiro atoms. The number of allylic oxidation sites excluding steroid dienone is 4. The Morgan fingerprint density at radius 2 is 0.397 bits per heavy atom. The van der Waals surface area contributed by atoms with Crippen LogP contribution in [0, 0.1) is 71.0 Å². The zero-order valence-corrected chi connectivity index (χ0v) is 44.7. The van der Waals surface area contributed by atoms with Crippen LogP contribution < -0.4 is 0 Å². The maximum absolute atomic E-state index is 3.33. The van der Waals surface area contributed by atoms with Crippen molar-refractivity contribution < 1.29 is 0 Å². The molecule has 0 saturated heterocycles. The van der Waals surface area contributed by atoms with Crippen molar-refractivity contribution in [3.8, 4) is 0 Å². The summed E-state index contributed by atoms with van der Waals surface area (Å²) in [6, 6.07) is 5.40. The second-order valence-electron chi connectivity index (χ2n) is 28.0. The van der Waals surface area contributed by atoms with Gasteiger partial charge in [-0.25, -0.2) is 0 Å². The highest BCUT2D eigenvalue weighted by Crippen LogP contribution is 2.50. The lowest BCUT2D eigenvalue weighted by Crippen LogP contribution is -2.54. The second-order valence-corrected chi connectivity index (χ2v) is 28.0. The molecule has 6 atom stereocenters. The fourth-order valence-corrected chi connectivity index (χ4v) is 20.3. The first-order valence-electron chi connectivity index (χ1n) is 32.6. The molecule has 0 aliphatic heterocycles. The Bertz CT molecular complexity index is 1400. The molecule has 0 heterocycles. The molecule has 11 aliphatic rings. The molecule has 384 valence electrons. The largest absolute Gasteiger partial charge is 0.294 e. The van der Waals surface area contributed by atoms with Crippen LogP contribution in [0.5, 0.6) is 0 Å². The SMILES string of the molecule is C(=CC1CCC(N(C2CCC(C3CCC(C4CCC(N(C5CCC(C=CC6CCCCC6)CC5)C5CCC6CCCCC6C5)CC4)CC3)CC2)C2CCC3CCCCC3C2)CC1)C1CCCCC1. The molecule has 11 aliphatic carbocycles.